The molecule has 1 heterocycles. The van der Waals surface area contributed by atoms with E-state index >= 15 is 0 Å². The van der Waals surface area contributed by atoms with Crippen molar-refractivity contribution in [3.8, 4) is 0 Å². The summed E-state index contributed by atoms with van der Waals surface area (Å²) in [5.41, 5.74) is 0.899. The van der Waals surface area contributed by atoms with Gasteiger partial charge in [0.05, 0.1) is 0 Å². The van der Waals surface area contributed by atoms with E-state index in [0.29, 0.717) is 0 Å². The Morgan fingerprint density at radius 3 is 2.70 bits per heavy atom. The third-order valence-corrected chi connectivity index (χ3v) is 4.39. The molecule has 0 bridgehead atoms. The van der Waals surface area contributed by atoms with Crippen molar-refractivity contribution in [2.24, 2.45) is 0 Å². The predicted octanol–water partition coefficient (Wildman–Crippen LogP) is 3.98. The quantitative estimate of drug-likeness (QED) is 0.855. The van der Waals surface area contributed by atoms with Crippen molar-refractivity contribution in [1.29, 1.82) is 0 Å². The maximum Gasteiger partial charge on any atom is 0.407 e. The first-order valence-electron chi connectivity index (χ1n) is 8.28. The van der Waals surface area contributed by atoms with E-state index in [1.54, 1.807) is 0 Å². The lowest BCUT2D eigenvalue weighted by Gasteiger charge is -2.33. The molecule has 1 fully saturated rings. The molecule has 1 atom stereocenters. The summed E-state index contributed by atoms with van der Waals surface area (Å²) in [5, 5.41) is 3.00. The molecule has 1 aromatic rings. The zero-order chi connectivity index (χ0) is 16.9. The van der Waals surface area contributed by atoms with E-state index in [9.17, 15) is 4.79 Å². The van der Waals surface area contributed by atoms with Crippen LogP contribution < -0.4 is 5.32 Å². The zero-order valence-electron chi connectivity index (χ0n) is 14.3. The van der Waals surface area contributed by atoms with E-state index in [1.807, 2.05) is 20.8 Å². The first-order valence-corrected chi connectivity index (χ1v) is 9.07. The number of likely N-dealkylation sites (tertiary alicyclic amines) is 1. The maximum absolute atomic E-state index is 11.9. The summed E-state index contributed by atoms with van der Waals surface area (Å²) in [6.07, 6.45) is 2.86. The van der Waals surface area contributed by atoms with Crippen molar-refractivity contribution in [3.63, 3.8) is 0 Å². The van der Waals surface area contributed by atoms with Gasteiger partial charge >= 0.3 is 6.09 Å². The fraction of sp³-hybridized carbons (Fsp3) is 0.611. The number of hydrogen-bond donors (Lipinski definition) is 1. The lowest BCUT2D eigenvalue weighted by Crippen LogP contribution is -2.49. The Kier molecular flexibility index (Phi) is 6.48. The molecular formula is C18H27BrN2O2. The van der Waals surface area contributed by atoms with E-state index < -0.39 is 5.60 Å². The molecule has 0 spiro atoms. The van der Waals surface area contributed by atoms with Crippen LogP contribution in [0.3, 0.4) is 0 Å². The molecule has 23 heavy (non-hydrogen) atoms. The van der Waals surface area contributed by atoms with Crippen LogP contribution in [0.1, 0.15) is 39.2 Å². The van der Waals surface area contributed by atoms with Crippen LogP contribution >= 0.6 is 15.9 Å². The third kappa shape index (κ3) is 6.92. The predicted molar refractivity (Wildman–Crippen MR) is 96.7 cm³/mol. The molecular weight excluding hydrogens is 356 g/mol. The van der Waals surface area contributed by atoms with E-state index in [4.69, 9.17) is 4.74 Å². The second kappa shape index (κ2) is 8.15. The largest absolute Gasteiger partial charge is 0.444 e. The van der Waals surface area contributed by atoms with Gasteiger partial charge in [-0.25, -0.2) is 4.79 Å². The molecule has 5 heteroatoms. The van der Waals surface area contributed by atoms with Crippen LogP contribution in [0.25, 0.3) is 0 Å². The van der Waals surface area contributed by atoms with Crippen LogP contribution in [-0.4, -0.2) is 42.3 Å². The fourth-order valence-corrected chi connectivity index (χ4v) is 3.05. The number of halogens is 1. The van der Waals surface area contributed by atoms with Crippen LogP contribution in [-0.2, 0) is 11.2 Å². The summed E-state index contributed by atoms with van der Waals surface area (Å²) in [5.74, 6) is 0. The summed E-state index contributed by atoms with van der Waals surface area (Å²) >= 11 is 3.46. The summed E-state index contributed by atoms with van der Waals surface area (Å²) < 4.78 is 6.46. The third-order valence-electron chi connectivity index (χ3n) is 3.86. The number of amides is 1. The van der Waals surface area contributed by atoms with Gasteiger partial charge in [-0.15, -0.1) is 0 Å². The Bertz CT molecular complexity index is 511. The number of nitrogens with one attached hydrogen (secondary N) is 1. The number of rotatable bonds is 4. The molecule has 4 nitrogen and oxygen atoms in total. The molecule has 1 unspecified atom stereocenters. The van der Waals surface area contributed by atoms with Gasteiger partial charge in [0.15, 0.2) is 0 Å². The molecule has 1 N–H and O–H groups in total. The van der Waals surface area contributed by atoms with Crippen molar-refractivity contribution in [1.82, 2.24) is 10.2 Å². The molecule has 0 saturated carbocycles. The van der Waals surface area contributed by atoms with E-state index in [2.05, 4.69) is 50.4 Å². The second-order valence-corrected chi connectivity index (χ2v) is 8.08. The summed E-state index contributed by atoms with van der Waals surface area (Å²) in [6, 6.07) is 8.66. The van der Waals surface area contributed by atoms with Crippen molar-refractivity contribution >= 4 is 22.0 Å². The lowest BCUT2D eigenvalue weighted by molar-refractivity contribution is 0.0472. The molecule has 128 valence electrons. The van der Waals surface area contributed by atoms with Crippen LogP contribution in [0.15, 0.2) is 28.7 Å². The van der Waals surface area contributed by atoms with Crippen LogP contribution in [0.2, 0.25) is 0 Å². The monoisotopic (exact) mass is 382 g/mol. The van der Waals surface area contributed by atoms with Gasteiger partial charge in [-0.05, 0) is 64.3 Å². The smallest absolute Gasteiger partial charge is 0.407 e. The maximum atomic E-state index is 11.9. The van der Waals surface area contributed by atoms with Crippen molar-refractivity contribution in [3.05, 3.63) is 34.3 Å². The van der Waals surface area contributed by atoms with Gasteiger partial charge in [-0.3, -0.25) is 0 Å². The number of alkyl carbamates (subject to hydrolysis) is 1. The zero-order valence-corrected chi connectivity index (χ0v) is 15.9. The average Bonchev–Trinajstić information content (AvgIpc) is 2.45. The summed E-state index contributed by atoms with van der Waals surface area (Å²) in [6.45, 7) is 8.68. The first kappa shape index (κ1) is 18.3. The van der Waals surface area contributed by atoms with Crippen molar-refractivity contribution < 1.29 is 9.53 Å². The topological polar surface area (TPSA) is 41.6 Å². The fourth-order valence-electron chi connectivity index (χ4n) is 2.79. The van der Waals surface area contributed by atoms with Gasteiger partial charge in [-0.2, -0.15) is 0 Å². The highest BCUT2D eigenvalue weighted by atomic mass is 79.9. The Morgan fingerprint density at radius 1 is 1.35 bits per heavy atom. The number of nitrogens with zero attached hydrogens (tertiary/aromatic N) is 1. The van der Waals surface area contributed by atoms with Gasteiger partial charge in [-0.1, -0.05) is 28.1 Å². The number of carbonyl (C=O) groups is 1. The van der Waals surface area contributed by atoms with Crippen molar-refractivity contribution in [2.75, 3.05) is 19.6 Å². The number of piperidine rings is 1. The Hall–Kier alpha value is -1.07. The minimum atomic E-state index is -0.444. The molecule has 0 aromatic heterocycles. The minimum Gasteiger partial charge on any atom is -0.444 e. The molecule has 1 saturated heterocycles. The highest BCUT2D eigenvalue weighted by Gasteiger charge is 2.23. The Labute approximate surface area is 147 Å². The standard InChI is InChI=1S/C18H27BrN2O2/c1-18(2,3)23-17(22)20-16-5-4-11-21(13-16)12-10-14-6-8-15(19)9-7-14/h6-9,16H,4-5,10-13H2,1-3H3,(H,20,22). The van der Waals surface area contributed by atoms with Crippen molar-refractivity contribution in [2.45, 2.75) is 51.7 Å². The molecule has 2 rings (SSSR count). The number of benzene rings is 1. The molecule has 1 amide bonds. The summed E-state index contributed by atoms with van der Waals surface area (Å²) in [4.78, 5) is 14.3. The van der Waals surface area contributed by atoms with E-state index in [0.717, 1.165) is 43.4 Å². The second-order valence-electron chi connectivity index (χ2n) is 7.16. The van der Waals surface area contributed by atoms with Gasteiger partial charge < -0.3 is 15.0 Å². The number of hydrogen-bond acceptors (Lipinski definition) is 3. The van der Waals surface area contributed by atoms with Crippen LogP contribution in [0.4, 0.5) is 4.79 Å². The average molecular weight is 383 g/mol. The van der Waals surface area contributed by atoms with Crippen LogP contribution in [0, 0.1) is 0 Å². The summed E-state index contributed by atoms with van der Waals surface area (Å²) in [7, 11) is 0. The van der Waals surface area contributed by atoms with Gasteiger partial charge in [0, 0.05) is 23.6 Å². The van der Waals surface area contributed by atoms with Gasteiger partial charge in [0.2, 0.25) is 0 Å². The lowest BCUT2D eigenvalue weighted by atomic mass is 10.0. The van der Waals surface area contributed by atoms with E-state index in [-0.39, 0.29) is 12.1 Å². The Morgan fingerprint density at radius 2 is 2.04 bits per heavy atom. The molecule has 1 aliphatic rings. The number of ether oxygens (including phenoxy) is 1. The SMILES string of the molecule is CC(C)(C)OC(=O)NC1CCCN(CCc2ccc(Br)cc2)C1. The van der Waals surface area contributed by atoms with Gasteiger partial charge in [0.1, 0.15) is 5.60 Å². The normalized spacial score (nSPS) is 19.4. The Balaban J connectivity index is 1.76. The first-order chi connectivity index (χ1) is 10.8. The number of carbonyl (C=O) groups excluding carboxylic acids is 1. The van der Waals surface area contributed by atoms with Gasteiger partial charge in [0.25, 0.3) is 0 Å². The van der Waals surface area contributed by atoms with E-state index in [1.165, 1.54) is 5.56 Å². The highest BCUT2D eigenvalue weighted by molar-refractivity contribution is 9.10. The molecule has 1 aromatic carbocycles. The molecule has 0 aliphatic carbocycles. The molecule has 0 radical (unpaired) electrons. The molecule has 1 aliphatic heterocycles. The minimum absolute atomic E-state index is 0.184. The highest BCUT2D eigenvalue weighted by Crippen LogP contribution is 2.14. The van der Waals surface area contributed by atoms with Crippen LogP contribution in [0.5, 0.6) is 0 Å².